The van der Waals surface area contributed by atoms with Gasteiger partial charge in [0.05, 0.1) is 21.6 Å². The molecule has 2 fully saturated rings. The molecule has 0 amide bonds. The van der Waals surface area contributed by atoms with Gasteiger partial charge in [-0.1, -0.05) is 41.9 Å². The minimum atomic E-state index is -1.33. The summed E-state index contributed by atoms with van der Waals surface area (Å²) >= 11 is 6.81. The number of carbonyl (C=O) groups is 1. The van der Waals surface area contributed by atoms with E-state index in [2.05, 4.69) is 5.32 Å². The molecule has 3 aromatic rings. The van der Waals surface area contributed by atoms with Crippen molar-refractivity contribution >= 4 is 34.2 Å². The highest BCUT2D eigenvalue weighted by atomic mass is 35.5. The Bertz CT molecular complexity index is 1290. The predicted octanol–water partition coefficient (Wildman–Crippen LogP) is 4.15. The zero-order chi connectivity index (χ0) is 22.6. The van der Waals surface area contributed by atoms with E-state index in [9.17, 15) is 14.7 Å². The van der Waals surface area contributed by atoms with Crippen molar-refractivity contribution in [2.24, 2.45) is 0 Å². The molecular weight excluding hydrogens is 433 g/mol. The number of pyridine rings is 1. The molecule has 1 atom stereocenters. The molecule has 2 aromatic carbocycles. The summed E-state index contributed by atoms with van der Waals surface area (Å²) in [5.74, 6) is -1.95. The van der Waals surface area contributed by atoms with Crippen molar-refractivity contribution in [1.29, 1.82) is 0 Å². The molecule has 0 radical (unpaired) electrons. The highest BCUT2D eigenvalue weighted by Gasteiger charge is 2.41. The second-order valence-corrected chi connectivity index (χ2v) is 9.20. The topological polar surface area (TPSA) is 74.6 Å². The first kappa shape index (κ1) is 21.0. The quantitative estimate of drug-likeness (QED) is 0.618. The highest BCUT2D eigenvalue weighted by molar-refractivity contribution is 6.38. The minimum Gasteiger partial charge on any atom is -0.477 e. The molecule has 1 aliphatic heterocycles. The Balaban J connectivity index is 1.67. The second-order valence-electron chi connectivity index (χ2n) is 8.82. The van der Waals surface area contributed by atoms with Crippen LogP contribution in [-0.2, 0) is 5.54 Å². The van der Waals surface area contributed by atoms with Gasteiger partial charge in [0.25, 0.3) is 0 Å². The first-order valence-electron chi connectivity index (χ1n) is 10.6. The van der Waals surface area contributed by atoms with E-state index < -0.39 is 17.2 Å². The van der Waals surface area contributed by atoms with Crippen LogP contribution in [0.3, 0.4) is 0 Å². The van der Waals surface area contributed by atoms with Crippen LogP contribution in [-0.4, -0.2) is 35.3 Å². The van der Waals surface area contributed by atoms with Crippen LogP contribution < -0.4 is 15.6 Å². The van der Waals surface area contributed by atoms with E-state index in [0.717, 1.165) is 24.5 Å². The molecule has 1 aromatic heterocycles. The molecule has 5 rings (SSSR count). The third kappa shape index (κ3) is 3.36. The van der Waals surface area contributed by atoms with Gasteiger partial charge in [0.15, 0.2) is 0 Å². The van der Waals surface area contributed by atoms with Crippen molar-refractivity contribution < 1.29 is 14.3 Å². The Morgan fingerprint density at radius 2 is 2.00 bits per heavy atom. The van der Waals surface area contributed by atoms with Crippen molar-refractivity contribution in [2.45, 2.75) is 31.3 Å². The van der Waals surface area contributed by atoms with Gasteiger partial charge in [-0.25, -0.2) is 9.18 Å². The lowest BCUT2D eigenvalue weighted by molar-refractivity contribution is 0.0694. The fourth-order valence-electron chi connectivity index (χ4n) is 4.56. The summed E-state index contributed by atoms with van der Waals surface area (Å²) in [6.45, 7) is 3.70. The van der Waals surface area contributed by atoms with E-state index in [1.54, 1.807) is 4.57 Å². The maximum absolute atomic E-state index is 15.4. The maximum Gasteiger partial charge on any atom is 0.341 e. The van der Waals surface area contributed by atoms with Crippen LogP contribution in [0.15, 0.2) is 47.4 Å². The number of anilines is 1. The van der Waals surface area contributed by atoms with Gasteiger partial charge in [-0.3, -0.25) is 4.79 Å². The van der Waals surface area contributed by atoms with Gasteiger partial charge in [-0.15, -0.1) is 0 Å². The third-order valence-electron chi connectivity index (χ3n) is 6.64. The number of piperazine rings is 1. The van der Waals surface area contributed by atoms with Crippen LogP contribution in [0.25, 0.3) is 10.9 Å². The van der Waals surface area contributed by atoms with Crippen molar-refractivity contribution in [2.75, 3.05) is 24.5 Å². The first-order chi connectivity index (χ1) is 15.3. The number of hydrogen-bond acceptors (Lipinski definition) is 4. The summed E-state index contributed by atoms with van der Waals surface area (Å²) in [5.41, 5.74) is 0.311. The number of carboxylic acid groups (broad SMARTS) is 1. The molecule has 2 heterocycles. The highest BCUT2D eigenvalue weighted by Crippen LogP contribution is 2.47. The van der Waals surface area contributed by atoms with Gasteiger partial charge in [0.1, 0.15) is 11.4 Å². The number of nitrogens with one attached hydrogen (secondary N) is 1. The number of hydrogen-bond donors (Lipinski definition) is 2. The Morgan fingerprint density at radius 1 is 1.28 bits per heavy atom. The number of halogens is 2. The molecule has 2 N–H and O–H groups in total. The van der Waals surface area contributed by atoms with Crippen molar-refractivity contribution in [3.8, 4) is 0 Å². The van der Waals surface area contributed by atoms with E-state index >= 15 is 4.39 Å². The first-order valence-corrected chi connectivity index (χ1v) is 11.0. The van der Waals surface area contributed by atoms with Gasteiger partial charge in [-0.05, 0) is 31.4 Å². The van der Waals surface area contributed by atoms with E-state index in [-0.39, 0.29) is 33.2 Å². The number of benzene rings is 2. The van der Waals surface area contributed by atoms with Crippen molar-refractivity contribution in [3.63, 3.8) is 0 Å². The van der Waals surface area contributed by atoms with E-state index in [1.807, 2.05) is 42.2 Å². The fourth-order valence-corrected chi connectivity index (χ4v) is 4.96. The molecule has 1 saturated carbocycles. The summed E-state index contributed by atoms with van der Waals surface area (Å²) in [4.78, 5) is 26.4. The predicted molar refractivity (Wildman–Crippen MR) is 122 cm³/mol. The van der Waals surface area contributed by atoms with Gasteiger partial charge >= 0.3 is 5.97 Å². The summed E-state index contributed by atoms with van der Waals surface area (Å²) in [6.07, 6.45) is 3.02. The summed E-state index contributed by atoms with van der Waals surface area (Å²) < 4.78 is 17.2. The lowest BCUT2D eigenvalue weighted by Gasteiger charge is -2.36. The Labute approximate surface area is 189 Å². The summed E-state index contributed by atoms with van der Waals surface area (Å²) in [6, 6.07) is 11.1. The molecule has 1 aliphatic carbocycles. The molecule has 6 nitrogen and oxygen atoms in total. The lowest BCUT2D eigenvalue weighted by atomic mass is 10.0. The van der Waals surface area contributed by atoms with E-state index in [0.29, 0.717) is 25.2 Å². The monoisotopic (exact) mass is 455 g/mol. The number of nitrogens with zero attached hydrogens (tertiary/aromatic N) is 2. The Morgan fingerprint density at radius 3 is 2.66 bits per heavy atom. The SMILES string of the molecule is CC1(n2cc(C(=O)O)c(=O)c3cc(F)c(N4CCNC(c5ccccc5)C4)c(Cl)c32)CC1. The van der Waals surface area contributed by atoms with Gasteiger partial charge < -0.3 is 19.9 Å². The van der Waals surface area contributed by atoms with Gasteiger partial charge in [0, 0.05) is 37.4 Å². The fraction of sp³-hybridized carbons (Fsp3) is 0.333. The number of aromatic nitrogens is 1. The minimum absolute atomic E-state index is 0.000909. The summed E-state index contributed by atoms with van der Waals surface area (Å²) in [5, 5.41) is 13.1. The molecule has 32 heavy (non-hydrogen) atoms. The standard InChI is InChI=1S/C24H23ClFN3O3/c1-24(7-8-24)29-12-16(23(31)32)22(30)15-11-17(26)21(19(25)20(15)29)28-10-9-27-18(13-28)14-5-3-2-4-6-14/h2-6,11-12,18,27H,7-10,13H2,1H3,(H,31,32). The summed E-state index contributed by atoms with van der Waals surface area (Å²) in [7, 11) is 0. The molecular formula is C24H23ClFN3O3. The van der Waals surface area contributed by atoms with Crippen LogP contribution >= 0.6 is 11.6 Å². The zero-order valence-electron chi connectivity index (χ0n) is 17.6. The van der Waals surface area contributed by atoms with Crippen molar-refractivity contribution in [1.82, 2.24) is 9.88 Å². The smallest absolute Gasteiger partial charge is 0.341 e. The molecule has 1 unspecified atom stereocenters. The second kappa shape index (κ2) is 7.60. The Kier molecular flexibility index (Phi) is 4.98. The largest absolute Gasteiger partial charge is 0.477 e. The van der Waals surface area contributed by atoms with Crippen LogP contribution in [0.4, 0.5) is 10.1 Å². The van der Waals surface area contributed by atoms with Crippen molar-refractivity contribution in [3.05, 3.63) is 74.8 Å². The van der Waals surface area contributed by atoms with Crippen LogP contribution in [0.2, 0.25) is 5.02 Å². The average Bonchev–Trinajstić information content (AvgIpc) is 3.53. The molecule has 1 saturated heterocycles. The zero-order valence-corrected chi connectivity index (χ0v) is 18.3. The molecule has 0 bridgehead atoms. The number of rotatable bonds is 4. The van der Waals surface area contributed by atoms with Gasteiger partial charge in [-0.2, -0.15) is 0 Å². The normalized spacial score (nSPS) is 19.8. The lowest BCUT2D eigenvalue weighted by Crippen LogP contribution is -2.46. The third-order valence-corrected chi connectivity index (χ3v) is 6.99. The van der Waals surface area contributed by atoms with Crippen LogP contribution in [0.1, 0.15) is 41.7 Å². The Hall–Kier alpha value is -2.90. The van der Waals surface area contributed by atoms with E-state index in [4.69, 9.17) is 11.6 Å². The molecule has 2 aliphatic rings. The van der Waals surface area contributed by atoms with Crippen LogP contribution in [0, 0.1) is 5.82 Å². The molecule has 166 valence electrons. The van der Waals surface area contributed by atoms with Gasteiger partial charge in [0.2, 0.25) is 5.43 Å². The number of fused-ring (bicyclic) bond motifs is 1. The number of aromatic carboxylic acids is 1. The number of carboxylic acids is 1. The molecule has 0 spiro atoms. The molecule has 8 heteroatoms. The van der Waals surface area contributed by atoms with Crippen LogP contribution in [0.5, 0.6) is 0 Å². The van der Waals surface area contributed by atoms with E-state index in [1.165, 1.54) is 6.20 Å². The maximum atomic E-state index is 15.4. The average molecular weight is 456 g/mol.